The first-order valence-electron chi connectivity index (χ1n) is 9.86. The average Bonchev–Trinajstić information content (AvgIpc) is 3.59. The quantitative estimate of drug-likeness (QED) is 0.488. The van der Waals surface area contributed by atoms with Crippen molar-refractivity contribution in [2.24, 2.45) is 5.92 Å². The molecule has 6 nitrogen and oxygen atoms in total. The molecule has 30 heavy (non-hydrogen) atoms. The zero-order valence-corrected chi connectivity index (χ0v) is 17.7. The molecule has 7 heteroatoms. The summed E-state index contributed by atoms with van der Waals surface area (Å²) in [6.45, 7) is 3.71. The molecule has 1 aromatic heterocycles. The van der Waals surface area contributed by atoms with Crippen LogP contribution in [0.4, 0.5) is 0 Å². The number of nitrogens with zero attached hydrogens (tertiary/aromatic N) is 3. The van der Waals surface area contributed by atoms with Crippen molar-refractivity contribution >= 4 is 28.6 Å². The number of aromatic nitrogens is 2. The molecule has 0 aliphatic heterocycles. The Morgan fingerprint density at radius 1 is 1.27 bits per heavy atom. The molecule has 1 aliphatic rings. The summed E-state index contributed by atoms with van der Waals surface area (Å²) in [6, 6.07) is 17.0. The molecular formula is C23H22N4O2S. The third-order valence-corrected chi connectivity index (χ3v) is 6.40. The number of benzene rings is 2. The Hall–Kier alpha value is -3.11. The predicted molar refractivity (Wildman–Crippen MR) is 118 cm³/mol. The van der Waals surface area contributed by atoms with Crippen LogP contribution in [0, 0.1) is 24.2 Å². The van der Waals surface area contributed by atoms with Crippen LogP contribution in [0.2, 0.25) is 0 Å². The first-order valence-corrected chi connectivity index (χ1v) is 10.8. The highest BCUT2D eigenvalue weighted by Gasteiger charge is 2.43. The maximum Gasteiger partial charge on any atom is 0.266 e. The lowest BCUT2D eigenvalue weighted by atomic mass is 9.98. The van der Waals surface area contributed by atoms with E-state index in [1.165, 1.54) is 11.8 Å². The highest BCUT2D eigenvalue weighted by Crippen LogP contribution is 2.39. The third-order valence-electron chi connectivity index (χ3n) is 5.46. The number of aryl methyl sites for hydroxylation is 1. The van der Waals surface area contributed by atoms with Gasteiger partial charge in [-0.1, -0.05) is 42.1 Å². The van der Waals surface area contributed by atoms with Crippen molar-refractivity contribution in [1.82, 2.24) is 14.9 Å². The number of hydrogen-bond donors (Lipinski definition) is 1. The number of fused-ring (bicyclic) bond motifs is 1. The molecule has 1 amide bonds. The number of hydrogen-bond acceptors (Lipinski definition) is 5. The summed E-state index contributed by atoms with van der Waals surface area (Å²) in [6.07, 6.45) is 1.91. The summed E-state index contributed by atoms with van der Waals surface area (Å²) in [7, 11) is 0. The van der Waals surface area contributed by atoms with Crippen LogP contribution in [0.1, 0.15) is 25.3 Å². The van der Waals surface area contributed by atoms with E-state index >= 15 is 0 Å². The van der Waals surface area contributed by atoms with Crippen LogP contribution >= 0.6 is 11.8 Å². The smallest absolute Gasteiger partial charge is 0.266 e. The lowest BCUT2D eigenvalue weighted by Gasteiger charge is -2.22. The summed E-state index contributed by atoms with van der Waals surface area (Å²) < 4.78 is 1.57. The lowest BCUT2D eigenvalue weighted by molar-refractivity contribution is -0.119. The molecule has 1 aliphatic carbocycles. The van der Waals surface area contributed by atoms with Crippen molar-refractivity contribution in [3.63, 3.8) is 0 Å². The average molecular weight is 419 g/mol. The molecule has 2 aromatic carbocycles. The fourth-order valence-corrected chi connectivity index (χ4v) is 4.38. The van der Waals surface area contributed by atoms with Crippen molar-refractivity contribution < 1.29 is 4.79 Å². The number of thioether (sulfide) groups is 1. The van der Waals surface area contributed by atoms with E-state index in [0.29, 0.717) is 16.1 Å². The number of amides is 1. The van der Waals surface area contributed by atoms with Crippen LogP contribution in [0.5, 0.6) is 0 Å². The summed E-state index contributed by atoms with van der Waals surface area (Å²) in [5, 5.41) is 13.3. The standard InChI is InChI=1S/C23H22N4O2S/c1-15-7-3-6-10-19(15)27-21(29)17-8-4-5-9-18(17)25-22(27)30-13-20(28)26-23(2,14-24)16-11-12-16/h3-10,16H,11-13H2,1-2H3,(H,26,28). The Kier molecular flexibility index (Phi) is 5.35. The summed E-state index contributed by atoms with van der Waals surface area (Å²) in [5.41, 5.74) is 1.26. The monoisotopic (exact) mass is 418 g/mol. The SMILES string of the molecule is Cc1ccccc1-n1c(SCC(=O)NC(C)(C#N)C2CC2)nc2ccccc2c1=O. The Bertz CT molecular complexity index is 1230. The molecule has 0 spiro atoms. The van der Waals surface area contributed by atoms with Crippen LogP contribution in [0.25, 0.3) is 16.6 Å². The van der Waals surface area contributed by atoms with Gasteiger partial charge >= 0.3 is 0 Å². The van der Waals surface area contributed by atoms with Gasteiger partial charge in [-0.2, -0.15) is 5.26 Å². The minimum atomic E-state index is -0.843. The Morgan fingerprint density at radius 3 is 2.67 bits per heavy atom. The molecule has 1 heterocycles. The highest BCUT2D eigenvalue weighted by molar-refractivity contribution is 7.99. The molecule has 3 aromatic rings. The molecule has 1 fully saturated rings. The van der Waals surface area contributed by atoms with Gasteiger partial charge in [-0.05, 0) is 56.4 Å². The second-order valence-corrected chi connectivity index (χ2v) is 8.71. The molecular weight excluding hydrogens is 396 g/mol. The van der Waals surface area contributed by atoms with Crippen molar-refractivity contribution in [3.8, 4) is 11.8 Å². The third kappa shape index (κ3) is 3.83. The summed E-state index contributed by atoms with van der Waals surface area (Å²) in [5.74, 6) is 0.0378. The van der Waals surface area contributed by atoms with Gasteiger partial charge in [0.2, 0.25) is 5.91 Å². The highest BCUT2D eigenvalue weighted by atomic mass is 32.2. The number of nitriles is 1. The molecule has 0 radical (unpaired) electrons. The van der Waals surface area contributed by atoms with E-state index < -0.39 is 5.54 Å². The van der Waals surface area contributed by atoms with Gasteiger partial charge in [0, 0.05) is 0 Å². The second-order valence-electron chi connectivity index (χ2n) is 7.76. The van der Waals surface area contributed by atoms with Gasteiger partial charge in [0.15, 0.2) is 5.16 Å². The fraction of sp³-hybridized carbons (Fsp3) is 0.304. The number of carbonyl (C=O) groups excluding carboxylic acids is 1. The minimum Gasteiger partial charge on any atom is -0.337 e. The number of nitrogens with one attached hydrogen (secondary N) is 1. The van der Waals surface area contributed by atoms with Crippen LogP contribution < -0.4 is 10.9 Å². The van der Waals surface area contributed by atoms with Gasteiger partial charge in [-0.3, -0.25) is 14.2 Å². The van der Waals surface area contributed by atoms with Gasteiger partial charge in [-0.25, -0.2) is 4.98 Å². The van der Waals surface area contributed by atoms with Crippen molar-refractivity contribution in [1.29, 1.82) is 5.26 Å². The summed E-state index contributed by atoms with van der Waals surface area (Å²) >= 11 is 1.20. The topological polar surface area (TPSA) is 87.8 Å². The Balaban J connectivity index is 1.69. The van der Waals surface area contributed by atoms with Gasteiger partial charge < -0.3 is 5.32 Å². The van der Waals surface area contributed by atoms with Crippen molar-refractivity contribution in [2.75, 3.05) is 5.75 Å². The normalized spacial score (nSPS) is 15.4. The maximum atomic E-state index is 13.3. The molecule has 1 saturated carbocycles. The van der Waals surface area contributed by atoms with E-state index in [1.807, 2.05) is 43.3 Å². The molecule has 1 atom stereocenters. The first kappa shape index (κ1) is 20.2. The molecule has 4 rings (SSSR count). The van der Waals surface area contributed by atoms with E-state index in [9.17, 15) is 14.9 Å². The fourth-order valence-electron chi connectivity index (χ4n) is 3.57. The molecule has 1 N–H and O–H groups in total. The molecule has 1 unspecified atom stereocenters. The van der Waals surface area contributed by atoms with E-state index in [0.717, 1.165) is 24.1 Å². The van der Waals surface area contributed by atoms with Crippen molar-refractivity contribution in [2.45, 2.75) is 37.4 Å². The van der Waals surface area contributed by atoms with Crippen molar-refractivity contribution in [3.05, 3.63) is 64.4 Å². The molecule has 0 saturated heterocycles. The number of carbonyl (C=O) groups is 1. The van der Waals surface area contributed by atoms with E-state index in [-0.39, 0.29) is 23.1 Å². The molecule has 0 bridgehead atoms. The minimum absolute atomic E-state index is 0.0701. The lowest BCUT2D eigenvalue weighted by Crippen LogP contribution is -2.47. The zero-order chi connectivity index (χ0) is 21.3. The van der Waals surface area contributed by atoms with Gasteiger partial charge in [0.05, 0.1) is 28.4 Å². The number of rotatable bonds is 6. The van der Waals surface area contributed by atoms with E-state index in [1.54, 1.807) is 23.6 Å². The summed E-state index contributed by atoms with van der Waals surface area (Å²) in [4.78, 5) is 30.5. The van der Waals surface area contributed by atoms with Gasteiger partial charge in [0.1, 0.15) is 5.54 Å². The first-order chi connectivity index (χ1) is 14.4. The molecule has 152 valence electrons. The maximum absolute atomic E-state index is 13.3. The van der Waals surface area contributed by atoms with Gasteiger partial charge in [-0.15, -0.1) is 0 Å². The van der Waals surface area contributed by atoms with Crippen LogP contribution in [0.15, 0.2) is 58.5 Å². The Labute approximate surface area is 178 Å². The van der Waals surface area contributed by atoms with E-state index in [4.69, 9.17) is 0 Å². The Morgan fingerprint density at radius 2 is 1.97 bits per heavy atom. The van der Waals surface area contributed by atoms with E-state index in [2.05, 4.69) is 16.4 Å². The zero-order valence-electron chi connectivity index (χ0n) is 16.9. The van der Waals surface area contributed by atoms with Gasteiger partial charge in [0.25, 0.3) is 5.56 Å². The van der Waals surface area contributed by atoms with Crippen LogP contribution in [0.3, 0.4) is 0 Å². The largest absolute Gasteiger partial charge is 0.337 e. The van der Waals surface area contributed by atoms with Crippen LogP contribution in [-0.2, 0) is 4.79 Å². The second kappa shape index (κ2) is 7.96. The number of para-hydroxylation sites is 2. The van der Waals surface area contributed by atoms with Crippen LogP contribution in [-0.4, -0.2) is 26.8 Å². The predicted octanol–water partition coefficient (Wildman–Crippen LogP) is 3.59.